The van der Waals surface area contributed by atoms with Gasteiger partial charge in [-0.05, 0) is 36.8 Å². The molecule has 0 aliphatic carbocycles. The number of aryl methyl sites for hydroxylation is 1. The molecule has 0 aliphatic heterocycles. The Morgan fingerprint density at radius 2 is 1.88 bits per heavy atom. The predicted molar refractivity (Wildman–Crippen MR) is 128 cm³/mol. The second-order valence-corrected chi connectivity index (χ2v) is 8.51. The Hall–Kier alpha value is -3.87. The van der Waals surface area contributed by atoms with Gasteiger partial charge in [-0.3, -0.25) is 9.59 Å². The lowest BCUT2D eigenvalue weighted by Crippen LogP contribution is -2.27. The quantitative estimate of drug-likeness (QED) is 0.442. The molecule has 1 N–H and O–H groups in total. The maximum absolute atomic E-state index is 13.6. The van der Waals surface area contributed by atoms with Gasteiger partial charge in [0.15, 0.2) is 0 Å². The van der Waals surface area contributed by atoms with Crippen LogP contribution in [0.2, 0.25) is 0 Å². The van der Waals surface area contributed by atoms with Crippen molar-refractivity contribution in [1.29, 1.82) is 0 Å². The standard InChI is InChI=1S/C26H28N4O3/c1-17(2)25(31)28-20-13-22(26(32)29(4)16-21-11-8-12-33-21)24-23(14-20)27-18(3)30(24)15-19-9-6-5-7-10-19/h5-14,17H,15-16H2,1-4H3,(H,28,31). The lowest BCUT2D eigenvalue weighted by molar-refractivity contribution is -0.118. The highest BCUT2D eigenvalue weighted by Crippen LogP contribution is 2.28. The molecular formula is C26H28N4O3. The third kappa shape index (κ3) is 4.82. The Kier molecular flexibility index (Phi) is 6.31. The molecule has 0 saturated carbocycles. The number of hydrogen-bond acceptors (Lipinski definition) is 4. The molecule has 33 heavy (non-hydrogen) atoms. The van der Waals surface area contributed by atoms with Gasteiger partial charge in [0, 0.05) is 25.2 Å². The van der Waals surface area contributed by atoms with Crippen molar-refractivity contribution >= 4 is 28.5 Å². The molecular weight excluding hydrogens is 416 g/mol. The van der Waals surface area contributed by atoms with Crippen molar-refractivity contribution in [3.05, 3.63) is 83.6 Å². The SMILES string of the molecule is Cc1nc2cc(NC(=O)C(C)C)cc(C(=O)N(C)Cc3ccco3)c2n1Cc1ccccc1. The Morgan fingerprint density at radius 1 is 1.12 bits per heavy atom. The summed E-state index contributed by atoms with van der Waals surface area (Å²) in [6.07, 6.45) is 1.59. The number of fused-ring (bicyclic) bond motifs is 1. The summed E-state index contributed by atoms with van der Waals surface area (Å²) in [6, 6.07) is 17.3. The molecule has 0 atom stereocenters. The second kappa shape index (κ2) is 9.32. The normalized spacial score (nSPS) is 11.2. The summed E-state index contributed by atoms with van der Waals surface area (Å²) in [7, 11) is 1.74. The first-order valence-corrected chi connectivity index (χ1v) is 11.0. The van der Waals surface area contributed by atoms with E-state index in [0.29, 0.717) is 35.6 Å². The molecule has 7 heteroatoms. The van der Waals surface area contributed by atoms with Crippen LogP contribution in [-0.4, -0.2) is 33.3 Å². The lowest BCUT2D eigenvalue weighted by Gasteiger charge is -2.19. The van der Waals surface area contributed by atoms with Crippen LogP contribution in [0.25, 0.3) is 11.0 Å². The van der Waals surface area contributed by atoms with Crippen LogP contribution in [0.1, 0.15) is 41.4 Å². The van der Waals surface area contributed by atoms with E-state index in [1.807, 2.05) is 67.8 Å². The average molecular weight is 445 g/mol. The van der Waals surface area contributed by atoms with E-state index in [0.717, 1.165) is 16.9 Å². The summed E-state index contributed by atoms with van der Waals surface area (Å²) >= 11 is 0. The number of imidazole rings is 1. The zero-order valence-electron chi connectivity index (χ0n) is 19.3. The van der Waals surface area contributed by atoms with E-state index < -0.39 is 0 Å². The van der Waals surface area contributed by atoms with Crippen molar-refractivity contribution in [2.24, 2.45) is 5.92 Å². The van der Waals surface area contributed by atoms with Crippen molar-refractivity contribution < 1.29 is 14.0 Å². The van der Waals surface area contributed by atoms with Crippen LogP contribution < -0.4 is 5.32 Å². The first kappa shape index (κ1) is 22.3. The number of nitrogens with one attached hydrogen (secondary N) is 1. The fourth-order valence-corrected chi connectivity index (χ4v) is 3.78. The van der Waals surface area contributed by atoms with Crippen molar-refractivity contribution in [3.8, 4) is 0 Å². The van der Waals surface area contributed by atoms with Crippen molar-refractivity contribution in [3.63, 3.8) is 0 Å². The number of aromatic nitrogens is 2. The molecule has 4 aromatic rings. The Balaban J connectivity index is 1.80. The van der Waals surface area contributed by atoms with Crippen LogP contribution in [0.3, 0.4) is 0 Å². The first-order valence-electron chi connectivity index (χ1n) is 11.0. The highest BCUT2D eigenvalue weighted by molar-refractivity contribution is 6.07. The number of furan rings is 1. The van der Waals surface area contributed by atoms with Crippen LogP contribution in [0.5, 0.6) is 0 Å². The molecule has 0 radical (unpaired) electrons. The molecule has 2 aromatic heterocycles. The highest BCUT2D eigenvalue weighted by atomic mass is 16.3. The van der Waals surface area contributed by atoms with Gasteiger partial charge in [0.1, 0.15) is 11.6 Å². The zero-order chi connectivity index (χ0) is 23.5. The van der Waals surface area contributed by atoms with Crippen LogP contribution in [0.15, 0.2) is 65.3 Å². The third-order valence-corrected chi connectivity index (χ3v) is 5.56. The highest BCUT2D eigenvalue weighted by Gasteiger charge is 2.22. The zero-order valence-corrected chi connectivity index (χ0v) is 19.3. The molecule has 0 bridgehead atoms. The van der Waals surface area contributed by atoms with E-state index in [1.54, 1.807) is 30.3 Å². The minimum Gasteiger partial charge on any atom is -0.467 e. The first-order chi connectivity index (χ1) is 15.8. The van der Waals surface area contributed by atoms with Crippen molar-refractivity contribution in [1.82, 2.24) is 14.5 Å². The molecule has 0 spiro atoms. The van der Waals surface area contributed by atoms with E-state index in [-0.39, 0.29) is 17.7 Å². The molecule has 2 amide bonds. The Labute approximate surface area is 193 Å². The van der Waals surface area contributed by atoms with Crippen LogP contribution >= 0.6 is 0 Å². The fourth-order valence-electron chi connectivity index (χ4n) is 3.78. The maximum atomic E-state index is 13.6. The van der Waals surface area contributed by atoms with Crippen LogP contribution in [0, 0.1) is 12.8 Å². The number of rotatable bonds is 7. The predicted octanol–water partition coefficient (Wildman–Crippen LogP) is 4.85. The van der Waals surface area contributed by atoms with E-state index in [9.17, 15) is 9.59 Å². The molecule has 2 heterocycles. The summed E-state index contributed by atoms with van der Waals surface area (Å²) < 4.78 is 7.47. The van der Waals surface area contributed by atoms with E-state index >= 15 is 0 Å². The number of carbonyl (C=O) groups is 2. The van der Waals surface area contributed by atoms with Gasteiger partial charge >= 0.3 is 0 Å². The van der Waals surface area contributed by atoms with Crippen LogP contribution in [0.4, 0.5) is 5.69 Å². The average Bonchev–Trinajstić information content (AvgIpc) is 3.41. The number of anilines is 1. The smallest absolute Gasteiger partial charge is 0.256 e. The number of nitrogens with zero attached hydrogens (tertiary/aromatic N) is 3. The fraction of sp³-hybridized carbons (Fsp3) is 0.269. The Morgan fingerprint density at radius 3 is 2.55 bits per heavy atom. The summed E-state index contributed by atoms with van der Waals surface area (Å²) in [4.78, 5) is 32.3. The molecule has 4 rings (SSSR count). The topological polar surface area (TPSA) is 80.4 Å². The molecule has 0 unspecified atom stereocenters. The largest absolute Gasteiger partial charge is 0.467 e. The maximum Gasteiger partial charge on any atom is 0.256 e. The van der Waals surface area contributed by atoms with Gasteiger partial charge in [-0.25, -0.2) is 4.98 Å². The van der Waals surface area contributed by atoms with E-state index in [2.05, 4.69) is 5.32 Å². The Bertz CT molecular complexity index is 1270. The van der Waals surface area contributed by atoms with E-state index in [4.69, 9.17) is 9.40 Å². The van der Waals surface area contributed by atoms with Crippen molar-refractivity contribution in [2.45, 2.75) is 33.9 Å². The summed E-state index contributed by atoms with van der Waals surface area (Å²) in [5.74, 6) is 1.02. The number of amides is 2. The molecule has 7 nitrogen and oxygen atoms in total. The molecule has 0 aliphatic rings. The summed E-state index contributed by atoms with van der Waals surface area (Å²) in [5.41, 5.74) is 3.56. The summed E-state index contributed by atoms with van der Waals surface area (Å²) in [5, 5.41) is 2.91. The molecule has 170 valence electrons. The minimum atomic E-state index is -0.182. The lowest BCUT2D eigenvalue weighted by atomic mass is 10.1. The summed E-state index contributed by atoms with van der Waals surface area (Å²) in [6.45, 7) is 6.51. The monoisotopic (exact) mass is 444 g/mol. The number of carbonyl (C=O) groups excluding carboxylic acids is 2. The van der Waals surface area contributed by atoms with Gasteiger partial charge in [-0.1, -0.05) is 44.2 Å². The van der Waals surface area contributed by atoms with Gasteiger partial charge in [0.05, 0.1) is 29.4 Å². The van der Waals surface area contributed by atoms with Gasteiger partial charge in [0.2, 0.25) is 5.91 Å². The molecule has 0 fully saturated rings. The number of hydrogen-bond donors (Lipinski definition) is 1. The van der Waals surface area contributed by atoms with Gasteiger partial charge in [-0.2, -0.15) is 0 Å². The third-order valence-electron chi connectivity index (χ3n) is 5.56. The molecule has 0 saturated heterocycles. The molecule has 2 aromatic carbocycles. The van der Waals surface area contributed by atoms with E-state index in [1.165, 1.54) is 0 Å². The minimum absolute atomic E-state index is 0.114. The van der Waals surface area contributed by atoms with Gasteiger partial charge < -0.3 is 19.2 Å². The van der Waals surface area contributed by atoms with Crippen molar-refractivity contribution in [2.75, 3.05) is 12.4 Å². The number of benzene rings is 2. The van der Waals surface area contributed by atoms with Gasteiger partial charge in [-0.15, -0.1) is 0 Å². The van der Waals surface area contributed by atoms with Crippen LogP contribution in [-0.2, 0) is 17.9 Å². The second-order valence-electron chi connectivity index (χ2n) is 8.51. The van der Waals surface area contributed by atoms with Gasteiger partial charge in [0.25, 0.3) is 5.91 Å².